The van der Waals surface area contributed by atoms with Crippen LogP contribution in [-0.2, 0) is 10.2 Å². The van der Waals surface area contributed by atoms with Crippen molar-refractivity contribution in [2.75, 3.05) is 0 Å². The second-order valence-corrected chi connectivity index (χ2v) is 9.21. The maximum absolute atomic E-state index is 11.4. The number of amides is 1. The summed E-state index contributed by atoms with van der Waals surface area (Å²) in [5, 5.41) is 6.63. The molecule has 27 heavy (non-hydrogen) atoms. The highest BCUT2D eigenvalue weighted by Gasteiger charge is 2.50. The number of hydrogen-bond acceptors (Lipinski definition) is 5. The molecule has 1 aromatic rings. The maximum atomic E-state index is 11.4. The van der Waals surface area contributed by atoms with Crippen LogP contribution < -0.4 is 11.1 Å². The molecule has 2 unspecified atom stereocenters. The summed E-state index contributed by atoms with van der Waals surface area (Å²) < 4.78 is 9.29. The molecule has 0 saturated carbocycles. The van der Waals surface area contributed by atoms with Crippen LogP contribution in [0.1, 0.15) is 75.1 Å². The molecule has 1 aliphatic heterocycles. The van der Waals surface area contributed by atoms with Crippen molar-refractivity contribution < 1.29 is 13.7 Å². The van der Waals surface area contributed by atoms with Gasteiger partial charge in [-0.2, -0.15) is 0 Å². The van der Waals surface area contributed by atoms with E-state index in [0.29, 0.717) is 23.6 Å². The van der Waals surface area contributed by atoms with Crippen LogP contribution >= 0.6 is 0 Å². The lowest BCUT2D eigenvalue weighted by Crippen LogP contribution is -2.38. The predicted octanol–water partition coefficient (Wildman–Crippen LogP) is 2.99. The number of carbonyl (C=O) groups is 1. The van der Waals surface area contributed by atoms with E-state index in [9.17, 15) is 9.59 Å². The SMILES string of the molecule is CC(C)C(C)C(C)(C)c1noc(=O)o1.CC1C(C)(C)NC(=O)C1(C)C.[B].[B]. The van der Waals surface area contributed by atoms with Gasteiger partial charge in [0.1, 0.15) is 0 Å². The van der Waals surface area contributed by atoms with E-state index in [0.717, 1.165) is 0 Å². The lowest BCUT2D eigenvalue weighted by Gasteiger charge is -2.30. The summed E-state index contributed by atoms with van der Waals surface area (Å²) in [6.45, 7) is 20.6. The Balaban J connectivity index is 0. The van der Waals surface area contributed by atoms with Crippen LogP contribution in [0.5, 0.6) is 0 Å². The molecule has 8 heteroatoms. The molecule has 1 aromatic heterocycles. The van der Waals surface area contributed by atoms with Crippen LogP contribution in [0.3, 0.4) is 0 Å². The number of nitrogens with zero attached hydrogens (tertiary/aromatic N) is 1. The molecule has 0 spiro atoms. The highest BCUT2D eigenvalue weighted by molar-refractivity contribution is 5.85. The van der Waals surface area contributed by atoms with Gasteiger partial charge in [0.05, 0.1) is 0 Å². The quantitative estimate of drug-likeness (QED) is 0.820. The molecule has 0 aromatic carbocycles. The third kappa shape index (κ3) is 5.76. The molecular formula is C19H34B2N2O4. The summed E-state index contributed by atoms with van der Waals surface area (Å²) in [5.74, 6) is 1.06. The van der Waals surface area contributed by atoms with Crippen molar-refractivity contribution in [2.24, 2.45) is 23.2 Å². The highest BCUT2D eigenvalue weighted by atomic mass is 16.6. The first kappa shape index (κ1) is 27.8. The molecule has 1 fully saturated rings. The number of nitrogens with one attached hydrogen (secondary N) is 1. The zero-order valence-electron chi connectivity index (χ0n) is 18.5. The number of rotatable bonds is 3. The van der Waals surface area contributed by atoms with Crippen molar-refractivity contribution in [3.63, 3.8) is 0 Å². The summed E-state index contributed by atoms with van der Waals surface area (Å²) in [5.41, 5.74) is -0.523. The monoisotopic (exact) mass is 376 g/mol. The van der Waals surface area contributed by atoms with E-state index in [4.69, 9.17) is 4.42 Å². The molecule has 1 amide bonds. The first-order valence-corrected chi connectivity index (χ1v) is 8.94. The third-order valence-electron chi connectivity index (χ3n) is 6.26. The fourth-order valence-electron chi connectivity index (χ4n) is 3.13. The van der Waals surface area contributed by atoms with E-state index >= 15 is 0 Å². The Morgan fingerprint density at radius 2 is 1.56 bits per heavy atom. The van der Waals surface area contributed by atoms with Gasteiger partial charge in [-0.05, 0) is 36.8 Å². The molecule has 6 radical (unpaired) electrons. The molecule has 150 valence electrons. The Labute approximate surface area is 167 Å². The van der Waals surface area contributed by atoms with Crippen LogP contribution in [0, 0.1) is 23.2 Å². The number of hydrogen-bond donors (Lipinski definition) is 1. The van der Waals surface area contributed by atoms with Crippen molar-refractivity contribution in [3.05, 3.63) is 16.5 Å². The second kappa shape index (κ2) is 9.16. The van der Waals surface area contributed by atoms with Crippen LogP contribution in [-0.4, -0.2) is 33.4 Å². The summed E-state index contributed by atoms with van der Waals surface area (Å²) in [4.78, 5) is 22.1. The van der Waals surface area contributed by atoms with E-state index < -0.39 is 5.82 Å². The number of aromatic nitrogens is 1. The van der Waals surface area contributed by atoms with E-state index in [-0.39, 0.29) is 39.1 Å². The Bertz CT molecular complexity index is 663. The largest absolute Gasteiger partial charge is 0.542 e. The molecule has 1 N–H and O–H groups in total. The minimum atomic E-state index is -0.732. The van der Waals surface area contributed by atoms with Gasteiger partial charge >= 0.3 is 5.82 Å². The van der Waals surface area contributed by atoms with Crippen molar-refractivity contribution in [2.45, 2.75) is 80.2 Å². The molecule has 2 rings (SSSR count). The molecule has 1 aliphatic rings. The first-order valence-electron chi connectivity index (χ1n) is 8.94. The van der Waals surface area contributed by atoms with Crippen molar-refractivity contribution in [1.29, 1.82) is 0 Å². The molecule has 6 nitrogen and oxygen atoms in total. The number of carbonyl (C=O) groups excluding carboxylic acids is 1. The van der Waals surface area contributed by atoms with Gasteiger partial charge in [-0.3, -0.25) is 9.32 Å². The lowest BCUT2D eigenvalue weighted by atomic mass is 9.74. The van der Waals surface area contributed by atoms with Gasteiger partial charge in [0, 0.05) is 33.2 Å². The van der Waals surface area contributed by atoms with E-state index in [1.165, 1.54) is 0 Å². The maximum Gasteiger partial charge on any atom is 0.542 e. The van der Waals surface area contributed by atoms with Crippen molar-refractivity contribution in [1.82, 2.24) is 10.5 Å². The van der Waals surface area contributed by atoms with Gasteiger partial charge in [0.15, 0.2) is 0 Å². The van der Waals surface area contributed by atoms with Crippen LogP contribution in [0.25, 0.3) is 0 Å². The lowest BCUT2D eigenvalue weighted by molar-refractivity contribution is -0.127. The zero-order chi connectivity index (χ0) is 19.8. The Morgan fingerprint density at radius 1 is 1.07 bits per heavy atom. The molecule has 0 bridgehead atoms. The fraction of sp³-hybridized carbons (Fsp3) is 0.842. The van der Waals surface area contributed by atoms with Gasteiger partial charge in [-0.1, -0.05) is 55.4 Å². The van der Waals surface area contributed by atoms with Gasteiger partial charge in [-0.15, -0.1) is 0 Å². The summed E-state index contributed by atoms with van der Waals surface area (Å²) in [6.07, 6.45) is 0. The van der Waals surface area contributed by atoms with Crippen LogP contribution in [0.4, 0.5) is 0 Å². The average Bonchev–Trinajstić information content (AvgIpc) is 2.97. The predicted molar refractivity (Wildman–Crippen MR) is 109 cm³/mol. The van der Waals surface area contributed by atoms with E-state index in [1.807, 2.05) is 27.7 Å². The molecular weight excluding hydrogens is 342 g/mol. The van der Waals surface area contributed by atoms with Gasteiger partial charge < -0.3 is 9.73 Å². The van der Waals surface area contributed by atoms with Gasteiger partial charge in [-0.25, -0.2) is 4.79 Å². The average molecular weight is 376 g/mol. The standard InChI is InChI=1S/C10H17NO3.C9H17NO.2B/c1-6(2)7(3)10(4,5)8-11-14-9(12)13-8;1-6-8(2,3)7(11)10-9(6,4)5;;/h6-7H,1-5H3;6H,1-5H3,(H,10,11);;. The minimum Gasteiger partial charge on any atom is -0.374 e. The van der Waals surface area contributed by atoms with Crippen LogP contribution in [0.2, 0.25) is 0 Å². The molecule has 0 aliphatic carbocycles. The highest BCUT2D eigenvalue weighted by Crippen LogP contribution is 2.40. The molecule has 1 saturated heterocycles. The Morgan fingerprint density at radius 3 is 1.78 bits per heavy atom. The summed E-state index contributed by atoms with van der Waals surface area (Å²) >= 11 is 0. The normalized spacial score (nSPS) is 21.3. The third-order valence-corrected chi connectivity index (χ3v) is 6.26. The molecule has 2 atom stereocenters. The van der Waals surface area contributed by atoms with Crippen molar-refractivity contribution >= 4 is 22.7 Å². The van der Waals surface area contributed by atoms with Gasteiger partial charge in [0.25, 0.3) is 0 Å². The second-order valence-electron chi connectivity index (χ2n) is 9.21. The fourth-order valence-corrected chi connectivity index (χ4v) is 3.13. The Hall–Kier alpha value is -1.46. The van der Waals surface area contributed by atoms with E-state index in [1.54, 1.807) is 0 Å². The smallest absolute Gasteiger partial charge is 0.374 e. The summed E-state index contributed by atoms with van der Waals surface area (Å²) in [7, 11) is 0. The Kier molecular flexibility index (Phi) is 9.41. The minimum absolute atomic E-state index is 0. The van der Waals surface area contributed by atoms with Crippen molar-refractivity contribution in [3.8, 4) is 0 Å². The molecule has 2 heterocycles. The van der Waals surface area contributed by atoms with Gasteiger partial charge in [0.2, 0.25) is 11.8 Å². The zero-order valence-corrected chi connectivity index (χ0v) is 18.5. The van der Waals surface area contributed by atoms with E-state index in [2.05, 4.69) is 56.5 Å². The first-order chi connectivity index (χ1) is 11.1. The van der Waals surface area contributed by atoms with Crippen LogP contribution in [0.15, 0.2) is 13.7 Å². The topological polar surface area (TPSA) is 85.3 Å². The summed E-state index contributed by atoms with van der Waals surface area (Å²) in [6, 6.07) is 0.